The number of nitrogens with zero attached hydrogens (tertiary/aromatic N) is 11. The number of carboxylic acid groups (broad SMARTS) is 1. The highest BCUT2D eigenvalue weighted by Crippen LogP contribution is 2.28. The second-order valence-electron chi connectivity index (χ2n) is 19.8. The Balaban J connectivity index is 0.000000176. The third kappa shape index (κ3) is 14.9. The number of aromatic carboxylic acids is 1. The summed E-state index contributed by atoms with van der Waals surface area (Å²) in [5.41, 5.74) is 6.65. The van der Waals surface area contributed by atoms with Crippen LogP contribution < -0.4 is 36.4 Å². The molecule has 0 radical (unpaired) electrons. The van der Waals surface area contributed by atoms with Gasteiger partial charge in [0.15, 0.2) is 23.3 Å². The van der Waals surface area contributed by atoms with Crippen molar-refractivity contribution in [3.8, 4) is 22.8 Å². The summed E-state index contributed by atoms with van der Waals surface area (Å²) in [6.45, 7) is 13.7. The average molecular weight is 1120 g/mol. The van der Waals surface area contributed by atoms with Gasteiger partial charge in [0.25, 0.3) is 5.91 Å². The van der Waals surface area contributed by atoms with Gasteiger partial charge in [0.2, 0.25) is 0 Å². The van der Waals surface area contributed by atoms with Crippen molar-refractivity contribution in [2.24, 2.45) is 0 Å². The number of piperazine rings is 2. The Labute approximate surface area is 475 Å². The topological polar surface area (TPSA) is 244 Å². The van der Waals surface area contributed by atoms with Gasteiger partial charge in [-0.3, -0.25) is 4.79 Å². The Morgan fingerprint density at radius 1 is 0.488 bits per heavy atom. The van der Waals surface area contributed by atoms with Crippen molar-refractivity contribution >= 4 is 69.4 Å². The van der Waals surface area contributed by atoms with E-state index in [1.54, 1.807) is 36.4 Å². The van der Waals surface area contributed by atoms with E-state index in [2.05, 4.69) is 70.5 Å². The fraction of sp³-hybridized carbons (Fsp3) is 0.322. The number of rotatable bonds is 10. The van der Waals surface area contributed by atoms with E-state index in [1.807, 2.05) is 87.0 Å². The number of likely N-dealkylation sites (N-methyl/N-ethyl adjacent to an activating group) is 2. The number of ether oxygens (including phenoxy) is 2. The Morgan fingerprint density at radius 2 is 0.866 bits per heavy atom. The summed E-state index contributed by atoms with van der Waals surface area (Å²) in [7, 11) is 4.21. The second kappa shape index (κ2) is 27.4. The van der Waals surface area contributed by atoms with Crippen LogP contribution in [-0.2, 0) is 9.47 Å². The van der Waals surface area contributed by atoms with Gasteiger partial charge in [0.05, 0.1) is 32.0 Å². The van der Waals surface area contributed by atoms with Crippen LogP contribution in [0.2, 0.25) is 0 Å². The van der Waals surface area contributed by atoms with Gasteiger partial charge < -0.3 is 65.7 Å². The normalized spacial score (nSPS) is 15.7. The minimum Gasteiger partial charge on any atom is -0.478 e. The van der Waals surface area contributed by atoms with Gasteiger partial charge in [-0.05, 0) is 135 Å². The molecule has 4 aromatic heterocycles. The first-order valence-electron chi connectivity index (χ1n) is 27.0. The second-order valence-corrected chi connectivity index (χ2v) is 19.8. The number of benzene rings is 4. The summed E-state index contributed by atoms with van der Waals surface area (Å²) in [4.78, 5) is 69.2. The van der Waals surface area contributed by atoms with E-state index >= 15 is 0 Å². The van der Waals surface area contributed by atoms with Crippen LogP contribution in [0, 0.1) is 0 Å². The van der Waals surface area contributed by atoms with E-state index in [9.17, 15) is 19.2 Å². The fourth-order valence-corrected chi connectivity index (χ4v) is 9.45. The lowest BCUT2D eigenvalue weighted by atomic mass is 10.1. The number of carbonyl (C=O) groups is 4. The molecule has 5 amide bonds. The van der Waals surface area contributed by atoms with Crippen LogP contribution in [0.15, 0.2) is 134 Å². The van der Waals surface area contributed by atoms with Gasteiger partial charge >= 0.3 is 18.0 Å². The SMILES string of the molecule is C.CN1CCN(C(=O)c2ccc(NC(=O)Nc3ccc(-c4nc(N5CCOCC5)c5cccn5n4)cc3)cc2)CC1.CN1CCNCC1.O=C(Nc1ccc(C(=O)O)cc1)Nc1ccc(-c2nc(N3CCOCC3)c3cccn3n2)cc1. The molecular weight excluding hydrogens is 1040 g/mol. The van der Waals surface area contributed by atoms with Gasteiger partial charge in [-0.2, -0.15) is 0 Å². The molecule has 23 heteroatoms. The number of hydrogen-bond donors (Lipinski definition) is 6. The van der Waals surface area contributed by atoms with Crippen LogP contribution in [0.4, 0.5) is 44.0 Å². The number of anilines is 6. The number of aromatic nitrogens is 6. The lowest BCUT2D eigenvalue weighted by Gasteiger charge is -2.32. The Bertz CT molecular complexity index is 3400. The molecule has 0 saturated carbocycles. The van der Waals surface area contributed by atoms with E-state index < -0.39 is 12.0 Å². The van der Waals surface area contributed by atoms with E-state index in [-0.39, 0.29) is 24.9 Å². The highest BCUT2D eigenvalue weighted by Gasteiger charge is 2.22. The van der Waals surface area contributed by atoms with E-state index in [0.29, 0.717) is 66.4 Å². The molecular formula is C59H70N16O7. The first-order valence-corrected chi connectivity index (χ1v) is 27.0. The summed E-state index contributed by atoms with van der Waals surface area (Å²) < 4.78 is 14.6. The monoisotopic (exact) mass is 1110 g/mol. The molecule has 4 fully saturated rings. The van der Waals surface area contributed by atoms with E-state index in [0.717, 1.165) is 99.2 Å². The van der Waals surface area contributed by atoms with Crippen molar-refractivity contribution in [3.05, 3.63) is 145 Å². The molecule has 0 aliphatic carbocycles. The van der Waals surface area contributed by atoms with Gasteiger partial charge in [-0.1, -0.05) is 7.43 Å². The molecule has 4 aliphatic heterocycles. The zero-order valence-electron chi connectivity index (χ0n) is 45.3. The maximum absolute atomic E-state index is 12.8. The van der Waals surface area contributed by atoms with Crippen LogP contribution in [0.3, 0.4) is 0 Å². The van der Waals surface area contributed by atoms with Gasteiger partial charge in [0, 0.05) is 130 Å². The molecule has 428 valence electrons. The Kier molecular flexibility index (Phi) is 19.3. The first-order chi connectivity index (χ1) is 39.5. The molecule has 23 nitrogen and oxygen atoms in total. The van der Waals surface area contributed by atoms with Crippen LogP contribution in [0.25, 0.3) is 33.8 Å². The van der Waals surface area contributed by atoms with Crippen molar-refractivity contribution in [1.82, 2.24) is 49.2 Å². The molecule has 6 N–H and O–H groups in total. The zero-order chi connectivity index (χ0) is 56.1. The molecule has 0 atom stereocenters. The standard InChI is InChI=1S/C29H32N8O3.C24H22N6O4.C5H12N2.CH4/c1-34-13-15-36(16-14-34)28(38)22-6-10-24(11-7-22)31-29(39)30-23-8-4-21(5-9-23)26-32-27(35-17-19-40-20-18-35)25-3-2-12-37(25)33-26;31-23(32)17-5-9-19(10-6-17)26-24(33)25-18-7-3-16(4-8-18)21-27-22(29-12-14-34-15-13-29)20-2-1-11-30(20)28-21;1-7-4-2-6-3-5-7;/h2-12H,13-20H2,1H3,(H2,30,31,39);1-11H,12-15H2,(H,31,32)(H2,25,26,33);6H,2-5H2,1H3;1H4. The minimum atomic E-state index is -1.02. The van der Waals surface area contributed by atoms with Crippen LogP contribution >= 0.6 is 0 Å². The summed E-state index contributed by atoms with van der Waals surface area (Å²) in [5.74, 6) is 1.94. The van der Waals surface area contributed by atoms with E-state index in [4.69, 9.17) is 24.5 Å². The molecule has 0 bridgehead atoms. The smallest absolute Gasteiger partial charge is 0.335 e. The largest absolute Gasteiger partial charge is 0.478 e. The minimum absolute atomic E-state index is 0. The van der Waals surface area contributed by atoms with Crippen molar-refractivity contribution in [2.75, 3.05) is 150 Å². The number of carbonyl (C=O) groups excluding carboxylic acids is 3. The van der Waals surface area contributed by atoms with Crippen molar-refractivity contribution in [1.29, 1.82) is 0 Å². The Hall–Kier alpha value is -9.00. The predicted molar refractivity (Wildman–Crippen MR) is 319 cm³/mol. The number of fused-ring (bicyclic) bond motifs is 2. The van der Waals surface area contributed by atoms with Crippen LogP contribution in [0.5, 0.6) is 0 Å². The van der Waals surface area contributed by atoms with Crippen LogP contribution in [-0.4, -0.2) is 192 Å². The maximum atomic E-state index is 12.8. The summed E-state index contributed by atoms with van der Waals surface area (Å²) >= 11 is 0. The molecule has 82 heavy (non-hydrogen) atoms. The van der Waals surface area contributed by atoms with Gasteiger partial charge in [-0.25, -0.2) is 33.4 Å². The molecule has 0 spiro atoms. The summed E-state index contributed by atoms with van der Waals surface area (Å²) in [6.07, 6.45) is 3.81. The lowest BCUT2D eigenvalue weighted by molar-refractivity contribution is 0.0662. The maximum Gasteiger partial charge on any atom is 0.335 e. The van der Waals surface area contributed by atoms with Crippen LogP contribution in [0.1, 0.15) is 28.1 Å². The number of morpholine rings is 2. The highest BCUT2D eigenvalue weighted by molar-refractivity contribution is 6.01. The number of carboxylic acids is 1. The zero-order valence-corrected chi connectivity index (χ0v) is 45.3. The van der Waals surface area contributed by atoms with Crippen molar-refractivity contribution in [2.45, 2.75) is 7.43 Å². The van der Waals surface area contributed by atoms with Crippen molar-refractivity contribution in [3.63, 3.8) is 0 Å². The summed E-state index contributed by atoms with van der Waals surface area (Å²) in [5, 5.41) is 32.7. The molecule has 0 unspecified atom stereocenters. The fourth-order valence-electron chi connectivity index (χ4n) is 9.45. The molecule has 12 rings (SSSR count). The third-order valence-electron chi connectivity index (χ3n) is 14.1. The first kappa shape index (κ1) is 57.7. The van der Waals surface area contributed by atoms with Gasteiger partial charge in [-0.15, -0.1) is 10.2 Å². The molecule has 8 heterocycles. The molecule has 4 saturated heterocycles. The predicted octanol–water partition coefficient (Wildman–Crippen LogP) is 7.00. The lowest BCUT2D eigenvalue weighted by Crippen LogP contribution is -2.47. The quantitative estimate of drug-likeness (QED) is 0.0808. The molecule has 8 aromatic rings. The number of nitrogens with one attached hydrogen (secondary N) is 5. The highest BCUT2D eigenvalue weighted by atomic mass is 16.5. The van der Waals surface area contributed by atoms with Crippen molar-refractivity contribution < 1.29 is 33.8 Å². The average Bonchev–Trinajstić information content (AvgIpc) is 4.27. The number of urea groups is 2. The van der Waals surface area contributed by atoms with Gasteiger partial charge in [0.1, 0.15) is 11.0 Å². The third-order valence-corrected chi connectivity index (χ3v) is 14.1. The number of hydrogen-bond acceptors (Lipinski definition) is 15. The molecule has 4 aliphatic rings. The van der Waals surface area contributed by atoms with E-state index in [1.165, 1.54) is 37.4 Å². The summed E-state index contributed by atoms with van der Waals surface area (Å²) in [6, 6.07) is 34.7. The number of amides is 5. The Morgan fingerprint density at radius 3 is 1.24 bits per heavy atom. The molecule has 4 aromatic carbocycles.